The van der Waals surface area contributed by atoms with E-state index in [9.17, 15) is 9.59 Å². The molecule has 1 fully saturated rings. The van der Waals surface area contributed by atoms with Gasteiger partial charge in [-0.05, 0) is 37.1 Å². The molecule has 0 spiro atoms. The van der Waals surface area contributed by atoms with Crippen LogP contribution in [-0.2, 0) is 11.3 Å². The maximum atomic E-state index is 13.0. The molecule has 0 radical (unpaired) electrons. The van der Waals surface area contributed by atoms with E-state index >= 15 is 0 Å². The summed E-state index contributed by atoms with van der Waals surface area (Å²) < 4.78 is 5.71. The summed E-state index contributed by atoms with van der Waals surface area (Å²) in [5.74, 6) is 0.378. The highest BCUT2D eigenvalue weighted by Crippen LogP contribution is 2.17. The van der Waals surface area contributed by atoms with Crippen molar-refractivity contribution in [3.05, 3.63) is 76.3 Å². The van der Waals surface area contributed by atoms with Crippen LogP contribution in [0, 0.1) is 0 Å². The highest BCUT2D eigenvalue weighted by Gasteiger charge is 2.24. The third-order valence-corrected chi connectivity index (χ3v) is 4.76. The fourth-order valence-corrected chi connectivity index (χ4v) is 3.41. The quantitative estimate of drug-likeness (QED) is 0.756. The van der Waals surface area contributed by atoms with E-state index in [0.717, 1.165) is 19.4 Å². The molecule has 0 saturated carbocycles. The number of benzene rings is 2. The lowest BCUT2D eigenvalue weighted by atomic mass is 10.1. The van der Waals surface area contributed by atoms with Crippen molar-refractivity contribution >= 4 is 16.8 Å². The van der Waals surface area contributed by atoms with Crippen LogP contribution in [0.15, 0.2) is 59.4 Å². The van der Waals surface area contributed by atoms with Crippen LogP contribution in [0.25, 0.3) is 10.9 Å². The Morgan fingerprint density at radius 3 is 2.70 bits per heavy atom. The Labute approximate surface area is 156 Å². The van der Waals surface area contributed by atoms with E-state index in [1.807, 2.05) is 30.3 Å². The van der Waals surface area contributed by atoms with Crippen LogP contribution in [0.4, 0.5) is 0 Å². The molecule has 0 aliphatic carbocycles. The molecule has 0 bridgehead atoms. The second-order valence-electron chi connectivity index (χ2n) is 6.72. The number of hydrogen-bond donors (Lipinski definition) is 1. The van der Waals surface area contributed by atoms with E-state index < -0.39 is 0 Å². The van der Waals surface area contributed by atoms with Crippen LogP contribution < -0.4 is 5.56 Å². The summed E-state index contributed by atoms with van der Waals surface area (Å²) in [6, 6.07) is 16.3. The lowest BCUT2D eigenvalue weighted by molar-refractivity contribution is 0.0501. The minimum absolute atomic E-state index is 0.0184. The average Bonchev–Trinajstić information content (AvgIpc) is 3.21. The molecule has 1 aliphatic heterocycles. The Morgan fingerprint density at radius 1 is 1.15 bits per heavy atom. The first kappa shape index (κ1) is 17.4. The first-order valence-electron chi connectivity index (χ1n) is 9.14. The number of nitrogens with one attached hydrogen (secondary N) is 1. The normalized spacial score (nSPS) is 16.5. The molecule has 6 heteroatoms. The number of para-hydroxylation sites is 1. The van der Waals surface area contributed by atoms with Gasteiger partial charge in [0.1, 0.15) is 5.82 Å². The average molecular weight is 363 g/mol. The van der Waals surface area contributed by atoms with Crippen LogP contribution >= 0.6 is 0 Å². The van der Waals surface area contributed by atoms with Gasteiger partial charge in [0.15, 0.2) is 0 Å². The molecule has 27 heavy (non-hydrogen) atoms. The van der Waals surface area contributed by atoms with Gasteiger partial charge in [-0.2, -0.15) is 0 Å². The number of carbonyl (C=O) groups is 1. The SMILES string of the molecule is O=C(c1ccccc1)N(Cc1nc2ccccc2c(=O)[nH]1)C[C@@H]1CCCO1. The van der Waals surface area contributed by atoms with Gasteiger partial charge in [0.25, 0.3) is 11.5 Å². The standard InChI is InChI=1S/C21H21N3O3/c25-20-17-10-4-5-11-18(17)22-19(23-20)14-24(13-16-9-6-12-27-16)21(26)15-7-2-1-3-8-15/h1-5,7-8,10-11,16H,6,9,12-14H2,(H,22,23,25)/t16-/m0/s1. The predicted octanol–water partition coefficient (Wildman–Crippen LogP) is 2.74. The molecule has 3 aromatic rings. The first-order valence-corrected chi connectivity index (χ1v) is 9.14. The number of hydrogen-bond acceptors (Lipinski definition) is 4. The molecule has 1 aliphatic rings. The summed E-state index contributed by atoms with van der Waals surface area (Å²) in [6.45, 7) is 1.43. The topological polar surface area (TPSA) is 75.3 Å². The zero-order valence-electron chi connectivity index (χ0n) is 14.9. The van der Waals surface area contributed by atoms with Gasteiger partial charge in [0, 0.05) is 18.7 Å². The van der Waals surface area contributed by atoms with E-state index in [0.29, 0.717) is 28.8 Å². The van der Waals surface area contributed by atoms with Gasteiger partial charge >= 0.3 is 0 Å². The number of rotatable bonds is 5. The molecule has 2 heterocycles. The van der Waals surface area contributed by atoms with E-state index in [1.165, 1.54) is 0 Å². The largest absolute Gasteiger partial charge is 0.376 e. The highest BCUT2D eigenvalue weighted by molar-refractivity contribution is 5.94. The summed E-state index contributed by atoms with van der Waals surface area (Å²) in [5, 5.41) is 0.543. The first-order chi connectivity index (χ1) is 13.2. The summed E-state index contributed by atoms with van der Waals surface area (Å²) >= 11 is 0. The maximum absolute atomic E-state index is 13.0. The van der Waals surface area contributed by atoms with E-state index in [-0.39, 0.29) is 24.1 Å². The summed E-state index contributed by atoms with van der Waals surface area (Å²) in [5.41, 5.74) is 1.04. The molecule has 2 aromatic carbocycles. The number of nitrogens with zero attached hydrogens (tertiary/aromatic N) is 2. The Hall–Kier alpha value is -2.99. The number of ether oxygens (including phenoxy) is 1. The summed E-state index contributed by atoms with van der Waals surface area (Å²) in [4.78, 5) is 34.4. The number of carbonyl (C=O) groups excluding carboxylic acids is 1. The van der Waals surface area contributed by atoms with Gasteiger partial charge in [0.05, 0.1) is 23.6 Å². The highest BCUT2D eigenvalue weighted by atomic mass is 16.5. The van der Waals surface area contributed by atoms with Crippen LogP contribution in [0.2, 0.25) is 0 Å². The molecular formula is C21H21N3O3. The molecule has 1 aromatic heterocycles. The van der Waals surface area contributed by atoms with Crippen molar-refractivity contribution in [2.24, 2.45) is 0 Å². The van der Waals surface area contributed by atoms with Crippen LogP contribution in [-0.4, -0.2) is 40.0 Å². The monoisotopic (exact) mass is 363 g/mol. The molecule has 6 nitrogen and oxygen atoms in total. The van der Waals surface area contributed by atoms with Gasteiger partial charge in [-0.25, -0.2) is 4.98 Å². The van der Waals surface area contributed by atoms with Crippen LogP contribution in [0.5, 0.6) is 0 Å². The van der Waals surface area contributed by atoms with Crippen molar-refractivity contribution in [1.82, 2.24) is 14.9 Å². The van der Waals surface area contributed by atoms with Crippen molar-refractivity contribution < 1.29 is 9.53 Å². The van der Waals surface area contributed by atoms with E-state index in [2.05, 4.69) is 9.97 Å². The third kappa shape index (κ3) is 3.90. The Morgan fingerprint density at radius 2 is 1.93 bits per heavy atom. The molecule has 4 rings (SSSR count). The second kappa shape index (κ2) is 7.72. The Kier molecular flexibility index (Phi) is 4.98. The van der Waals surface area contributed by atoms with Gasteiger partial charge in [-0.1, -0.05) is 30.3 Å². The molecule has 1 N–H and O–H groups in total. The molecular weight excluding hydrogens is 342 g/mol. The van der Waals surface area contributed by atoms with Crippen LogP contribution in [0.1, 0.15) is 29.0 Å². The van der Waals surface area contributed by atoms with Crippen molar-refractivity contribution in [2.75, 3.05) is 13.2 Å². The lowest BCUT2D eigenvalue weighted by Crippen LogP contribution is -2.37. The zero-order chi connectivity index (χ0) is 18.6. The van der Waals surface area contributed by atoms with Crippen LogP contribution in [0.3, 0.4) is 0 Å². The zero-order valence-corrected chi connectivity index (χ0v) is 14.9. The van der Waals surface area contributed by atoms with Gasteiger partial charge in [-0.3, -0.25) is 9.59 Å². The number of H-pyrrole nitrogens is 1. The number of aromatic nitrogens is 2. The van der Waals surface area contributed by atoms with Crippen molar-refractivity contribution in [3.63, 3.8) is 0 Å². The molecule has 1 atom stereocenters. The number of amides is 1. The van der Waals surface area contributed by atoms with Crippen molar-refractivity contribution in [2.45, 2.75) is 25.5 Å². The summed E-state index contributed by atoms with van der Waals surface area (Å²) in [6.07, 6.45) is 1.95. The second-order valence-corrected chi connectivity index (χ2v) is 6.72. The fraction of sp³-hybridized carbons (Fsp3) is 0.286. The van der Waals surface area contributed by atoms with E-state index in [4.69, 9.17) is 4.74 Å². The number of aromatic amines is 1. The molecule has 1 amide bonds. The van der Waals surface area contributed by atoms with Gasteiger partial charge in [-0.15, -0.1) is 0 Å². The fourth-order valence-electron chi connectivity index (χ4n) is 3.41. The minimum Gasteiger partial charge on any atom is -0.376 e. The smallest absolute Gasteiger partial charge is 0.258 e. The maximum Gasteiger partial charge on any atom is 0.258 e. The third-order valence-electron chi connectivity index (χ3n) is 4.76. The molecule has 138 valence electrons. The van der Waals surface area contributed by atoms with Gasteiger partial charge < -0.3 is 14.6 Å². The summed E-state index contributed by atoms with van der Waals surface area (Å²) in [7, 11) is 0. The number of fused-ring (bicyclic) bond motifs is 1. The van der Waals surface area contributed by atoms with Crippen molar-refractivity contribution in [3.8, 4) is 0 Å². The lowest BCUT2D eigenvalue weighted by Gasteiger charge is -2.25. The van der Waals surface area contributed by atoms with Crippen molar-refractivity contribution in [1.29, 1.82) is 0 Å². The Bertz CT molecular complexity index is 994. The minimum atomic E-state index is -0.195. The molecule has 1 saturated heterocycles. The van der Waals surface area contributed by atoms with Gasteiger partial charge in [0.2, 0.25) is 0 Å². The predicted molar refractivity (Wildman–Crippen MR) is 103 cm³/mol. The van der Waals surface area contributed by atoms with E-state index in [1.54, 1.807) is 29.2 Å². The molecule has 0 unspecified atom stereocenters. The Balaban J connectivity index is 1.64.